The van der Waals surface area contributed by atoms with Crippen molar-refractivity contribution >= 4 is 5.97 Å². The van der Waals surface area contributed by atoms with E-state index in [9.17, 15) is 4.79 Å². The van der Waals surface area contributed by atoms with Gasteiger partial charge in [0.25, 0.3) is 0 Å². The van der Waals surface area contributed by atoms with Gasteiger partial charge in [-0.15, -0.1) is 0 Å². The van der Waals surface area contributed by atoms with Gasteiger partial charge in [0, 0.05) is 6.42 Å². The maximum atomic E-state index is 10.9. The van der Waals surface area contributed by atoms with Crippen molar-refractivity contribution in [2.24, 2.45) is 11.8 Å². The van der Waals surface area contributed by atoms with E-state index in [2.05, 4.69) is 17.0 Å². The molecule has 0 spiro atoms. The van der Waals surface area contributed by atoms with Gasteiger partial charge in [0.05, 0.1) is 7.11 Å². The number of hydrogen-bond donors (Lipinski definition) is 1. The highest BCUT2D eigenvalue weighted by Crippen LogP contribution is 2.18. The SMILES string of the molecule is COC(=O)C[C@@H]1CNC[C@H](C)C1. The van der Waals surface area contributed by atoms with Crippen molar-refractivity contribution in [1.29, 1.82) is 0 Å². The number of ether oxygens (including phenoxy) is 1. The topological polar surface area (TPSA) is 38.3 Å². The fourth-order valence-electron chi connectivity index (χ4n) is 1.74. The molecule has 12 heavy (non-hydrogen) atoms. The number of carbonyl (C=O) groups excluding carboxylic acids is 1. The molecule has 1 N–H and O–H groups in total. The molecule has 1 aliphatic heterocycles. The third kappa shape index (κ3) is 2.81. The normalized spacial score (nSPS) is 29.8. The molecule has 0 bridgehead atoms. The fraction of sp³-hybridized carbons (Fsp3) is 0.889. The first kappa shape index (κ1) is 9.52. The summed E-state index contributed by atoms with van der Waals surface area (Å²) in [5.74, 6) is 1.07. The Morgan fingerprint density at radius 2 is 2.33 bits per heavy atom. The molecule has 1 rings (SSSR count). The molecule has 0 radical (unpaired) electrons. The van der Waals surface area contributed by atoms with Crippen molar-refractivity contribution in [2.75, 3.05) is 20.2 Å². The van der Waals surface area contributed by atoms with Crippen LogP contribution in [0.4, 0.5) is 0 Å². The van der Waals surface area contributed by atoms with E-state index in [0.29, 0.717) is 18.3 Å². The lowest BCUT2D eigenvalue weighted by molar-refractivity contribution is -0.141. The summed E-state index contributed by atoms with van der Waals surface area (Å²) in [6, 6.07) is 0. The minimum Gasteiger partial charge on any atom is -0.469 e. The summed E-state index contributed by atoms with van der Waals surface area (Å²) in [6.07, 6.45) is 1.70. The van der Waals surface area contributed by atoms with Crippen LogP contribution in [0.2, 0.25) is 0 Å². The van der Waals surface area contributed by atoms with Gasteiger partial charge in [-0.25, -0.2) is 0 Å². The predicted octanol–water partition coefficient (Wildman–Crippen LogP) is 0.795. The van der Waals surface area contributed by atoms with Gasteiger partial charge in [0.2, 0.25) is 0 Å². The zero-order chi connectivity index (χ0) is 8.97. The Balaban J connectivity index is 2.27. The fourth-order valence-corrected chi connectivity index (χ4v) is 1.74. The van der Waals surface area contributed by atoms with E-state index < -0.39 is 0 Å². The Morgan fingerprint density at radius 1 is 1.58 bits per heavy atom. The number of hydrogen-bond acceptors (Lipinski definition) is 3. The van der Waals surface area contributed by atoms with E-state index in [1.807, 2.05) is 0 Å². The predicted molar refractivity (Wildman–Crippen MR) is 46.8 cm³/mol. The van der Waals surface area contributed by atoms with Crippen molar-refractivity contribution in [2.45, 2.75) is 19.8 Å². The molecule has 0 aromatic carbocycles. The van der Waals surface area contributed by atoms with Gasteiger partial charge in [0.15, 0.2) is 0 Å². The van der Waals surface area contributed by atoms with Crippen molar-refractivity contribution in [3.63, 3.8) is 0 Å². The van der Waals surface area contributed by atoms with E-state index >= 15 is 0 Å². The molecule has 0 aromatic heterocycles. The first-order valence-electron chi connectivity index (χ1n) is 4.50. The lowest BCUT2D eigenvalue weighted by atomic mass is 9.90. The molecule has 3 nitrogen and oxygen atoms in total. The Kier molecular flexibility index (Phi) is 3.53. The quantitative estimate of drug-likeness (QED) is 0.624. The molecule has 0 aromatic rings. The average molecular weight is 171 g/mol. The van der Waals surface area contributed by atoms with Crippen LogP contribution < -0.4 is 5.32 Å². The largest absolute Gasteiger partial charge is 0.469 e. The second kappa shape index (κ2) is 4.45. The van der Waals surface area contributed by atoms with Crippen LogP contribution in [0.3, 0.4) is 0 Å². The van der Waals surface area contributed by atoms with Crippen LogP contribution >= 0.6 is 0 Å². The van der Waals surface area contributed by atoms with E-state index in [1.54, 1.807) is 0 Å². The molecular weight excluding hydrogens is 154 g/mol. The van der Waals surface area contributed by atoms with Crippen LogP contribution in [-0.2, 0) is 9.53 Å². The summed E-state index contributed by atoms with van der Waals surface area (Å²) in [7, 11) is 1.45. The minimum atomic E-state index is -0.0871. The molecule has 1 heterocycles. The first-order chi connectivity index (χ1) is 5.72. The van der Waals surface area contributed by atoms with Crippen molar-refractivity contribution in [3.05, 3.63) is 0 Å². The van der Waals surface area contributed by atoms with Gasteiger partial charge in [0.1, 0.15) is 0 Å². The summed E-state index contributed by atoms with van der Waals surface area (Å²) >= 11 is 0. The summed E-state index contributed by atoms with van der Waals surface area (Å²) < 4.78 is 4.62. The molecule has 1 aliphatic rings. The van der Waals surface area contributed by atoms with Gasteiger partial charge in [-0.3, -0.25) is 4.79 Å². The van der Waals surface area contributed by atoms with E-state index in [1.165, 1.54) is 7.11 Å². The molecule has 3 heteroatoms. The third-order valence-corrected chi connectivity index (χ3v) is 2.34. The second-order valence-electron chi connectivity index (χ2n) is 3.65. The number of rotatable bonds is 2. The van der Waals surface area contributed by atoms with Crippen LogP contribution in [-0.4, -0.2) is 26.2 Å². The standard InChI is InChI=1S/C9H17NO2/c1-7-3-8(6-10-5-7)4-9(11)12-2/h7-8,10H,3-6H2,1-2H3/t7-,8-/m1/s1. The van der Waals surface area contributed by atoms with Gasteiger partial charge >= 0.3 is 5.97 Å². The highest BCUT2D eigenvalue weighted by molar-refractivity contribution is 5.69. The van der Waals surface area contributed by atoms with Gasteiger partial charge in [-0.1, -0.05) is 6.92 Å². The Labute approximate surface area is 73.5 Å². The van der Waals surface area contributed by atoms with Crippen molar-refractivity contribution in [1.82, 2.24) is 5.32 Å². The first-order valence-corrected chi connectivity index (χ1v) is 4.50. The summed E-state index contributed by atoms with van der Waals surface area (Å²) in [4.78, 5) is 10.9. The van der Waals surface area contributed by atoms with Gasteiger partial charge in [-0.05, 0) is 31.3 Å². The number of esters is 1. The molecular formula is C9H17NO2. The molecule has 70 valence electrons. The van der Waals surface area contributed by atoms with Crippen LogP contribution in [0, 0.1) is 11.8 Å². The van der Waals surface area contributed by atoms with Gasteiger partial charge < -0.3 is 10.1 Å². The van der Waals surface area contributed by atoms with Crippen LogP contribution in [0.15, 0.2) is 0 Å². The summed E-state index contributed by atoms with van der Waals surface area (Å²) in [6.45, 7) is 4.24. The highest BCUT2D eigenvalue weighted by atomic mass is 16.5. The number of methoxy groups -OCH3 is 1. The zero-order valence-electron chi connectivity index (χ0n) is 7.80. The van der Waals surface area contributed by atoms with Crippen LogP contribution in [0.25, 0.3) is 0 Å². The Bertz CT molecular complexity index is 159. The molecule has 0 unspecified atom stereocenters. The van der Waals surface area contributed by atoms with E-state index in [-0.39, 0.29) is 5.97 Å². The molecule has 0 aliphatic carbocycles. The van der Waals surface area contributed by atoms with Gasteiger partial charge in [-0.2, -0.15) is 0 Å². The average Bonchev–Trinajstić information content (AvgIpc) is 2.04. The van der Waals surface area contributed by atoms with E-state index in [4.69, 9.17) is 0 Å². The molecule has 1 fully saturated rings. The number of piperidine rings is 1. The summed E-state index contributed by atoms with van der Waals surface area (Å²) in [5, 5.41) is 3.31. The zero-order valence-corrected chi connectivity index (χ0v) is 7.80. The van der Waals surface area contributed by atoms with E-state index in [0.717, 1.165) is 19.5 Å². The lowest BCUT2D eigenvalue weighted by Gasteiger charge is -2.26. The lowest BCUT2D eigenvalue weighted by Crippen LogP contribution is -2.36. The second-order valence-corrected chi connectivity index (χ2v) is 3.65. The molecule has 1 saturated heterocycles. The minimum absolute atomic E-state index is 0.0871. The number of nitrogens with one attached hydrogen (secondary N) is 1. The smallest absolute Gasteiger partial charge is 0.305 e. The third-order valence-electron chi connectivity index (χ3n) is 2.34. The maximum Gasteiger partial charge on any atom is 0.305 e. The van der Waals surface area contributed by atoms with Crippen LogP contribution in [0.1, 0.15) is 19.8 Å². The Hall–Kier alpha value is -0.570. The monoisotopic (exact) mass is 171 g/mol. The van der Waals surface area contributed by atoms with Crippen molar-refractivity contribution in [3.8, 4) is 0 Å². The number of carbonyl (C=O) groups is 1. The molecule has 0 amide bonds. The summed E-state index contributed by atoms with van der Waals surface area (Å²) in [5.41, 5.74) is 0. The van der Waals surface area contributed by atoms with Crippen molar-refractivity contribution < 1.29 is 9.53 Å². The van der Waals surface area contributed by atoms with Crippen LogP contribution in [0.5, 0.6) is 0 Å². The maximum absolute atomic E-state index is 10.9. The highest BCUT2D eigenvalue weighted by Gasteiger charge is 2.20. The Morgan fingerprint density at radius 3 is 2.92 bits per heavy atom. The molecule has 0 saturated carbocycles. The molecule has 2 atom stereocenters.